The number of nitrogens with zero attached hydrogens (tertiary/aromatic N) is 1. The van der Waals surface area contributed by atoms with Gasteiger partial charge < -0.3 is 5.73 Å². The number of hydrogen-bond acceptors (Lipinski definition) is 2. The highest BCUT2D eigenvalue weighted by molar-refractivity contribution is 5.71. The van der Waals surface area contributed by atoms with Crippen LogP contribution < -0.4 is 5.73 Å². The fourth-order valence-electron chi connectivity index (χ4n) is 0.746. The molecular formula is C9H16N2. The summed E-state index contributed by atoms with van der Waals surface area (Å²) in [5.41, 5.74) is 6.32. The minimum atomic E-state index is -0.367. The second kappa shape index (κ2) is 4.09. The highest BCUT2D eigenvalue weighted by atomic mass is 14.9. The van der Waals surface area contributed by atoms with Crippen molar-refractivity contribution in [2.24, 2.45) is 10.7 Å². The molecule has 0 bridgehead atoms. The van der Waals surface area contributed by atoms with Gasteiger partial charge >= 0.3 is 0 Å². The topological polar surface area (TPSA) is 38.4 Å². The number of hydrogen-bond donors (Lipinski definition) is 1. The van der Waals surface area contributed by atoms with E-state index in [1.807, 2.05) is 26.8 Å². The lowest BCUT2D eigenvalue weighted by Crippen LogP contribution is -2.33. The van der Waals surface area contributed by atoms with Crippen molar-refractivity contribution in [2.75, 3.05) is 0 Å². The first-order valence-electron chi connectivity index (χ1n) is 3.63. The van der Waals surface area contributed by atoms with Crippen LogP contribution in [0.3, 0.4) is 0 Å². The maximum atomic E-state index is 5.81. The molecule has 0 aromatic heterocycles. The second-order valence-corrected chi connectivity index (χ2v) is 2.91. The Morgan fingerprint density at radius 1 is 1.55 bits per heavy atom. The molecule has 2 heteroatoms. The number of allylic oxidation sites excluding steroid dienone is 2. The van der Waals surface area contributed by atoms with Gasteiger partial charge in [-0.25, -0.2) is 0 Å². The van der Waals surface area contributed by atoms with Crippen LogP contribution in [-0.2, 0) is 0 Å². The fourth-order valence-corrected chi connectivity index (χ4v) is 0.746. The Labute approximate surface area is 68.5 Å². The van der Waals surface area contributed by atoms with Crippen molar-refractivity contribution in [2.45, 2.75) is 26.3 Å². The average molecular weight is 152 g/mol. The summed E-state index contributed by atoms with van der Waals surface area (Å²) in [5.74, 6) is 0. The lowest BCUT2D eigenvalue weighted by Gasteiger charge is -2.18. The van der Waals surface area contributed by atoms with Gasteiger partial charge in [0.2, 0.25) is 0 Å². The summed E-state index contributed by atoms with van der Waals surface area (Å²) in [4.78, 5) is 4.12. The average Bonchev–Trinajstić information content (AvgIpc) is 1.87. The predicted molar refractivity (Wildman–Crippen MR) is 50.7 cm³/mol. The molecule has 11 heavy (non-hydrogen) atoms. The van der Waals surface area contributed by atoms with Crippen molar-refractivity contribution in [3.63, 3.8) is 0 Å². The summed E-state index contributed by atoms with van der Waals surface area (Å²) in [6, 6.07) is 0. The Hall–Kier alpha value is -0.890. The van der Waals surface area contributed by atoms with Crippen LogP contribution in [0, 0.1) is 0 Å². The number of aliphatic imine (C=N–C) groups is 1. The van der Waals surface area contributed by atoms with Crippen molar-refractivity contribution in [1.82, 2.24) is 0 Å². The van der Waals surface area contributed by atoms with E-state index in [-0.39, 0.29) is 5.54 Å². The Balaban J connectivity index is 4.45. The molecule has 0 atom stereocenters. The smallest absolute Gasteiger partial charge is 0.0554 e. The van der Waals surface area contributed by atoms with Gasteiger partial charge in [-0.1, -0.05) is 18.7 Å². The van der Waals surface area contributed by atoms with Crippen LogP contribution in [0.25, 0.3) is 0 Å². The molecule has 2 nitrogen and oxygen atoms in total. The molecule has 62 valence electrons. The summed E-state index contributed by atoms with van der Waals surface area (Å²) in [6.07, 6.45) is 5.18. The molecule has 0 radical (unpaired) electrons. The van der Waals surface area contributed by atoms with Crippen LogP contribution in [0.2, 0.25) is 0 Å². The summed E-state index contributed by atoms with van der Waals surface area (Å²) >= 11 is 0. The van der Waals surface area contributed by atoms with Gasteiger partial charge in [0.15, 0.2) is 0 Å². The van der Waals surface area contributed by atoms with Gasteiger partial charge in [-0.05, 0) is 20.8 Å². The maximum Gasteiger partial charge on any atom is 0.0554 e. The van der Waals surface area contributed by atoms with E-state index in [1.165, 1.54) is 0 Å². The molecule has 0 aliphatic carbocycles. The summed E-state index contributed by atoms with van der Waals surface area (Å²) in [5, 5.41) is 0. The van der Waals surface area contributed by atoms with E-state index < -0.39 is 0 Å². The van der Waals surface area contributed by atoms with E-state index in [0.717, 1.165) is 5.70 Å². The minimum absolute atomic E-state index is 0.367. The van der Waals surface area contributed by atoms with Gasteiger partial charge in [0.05, 0.1) is 11.2 Å². The monoisotopic (exact) mass is 152 g/mol. The summed E-state index contributed by atoms with van der Waals surface area (Å²) in [7, 11) is 0. The van der Waals surface area contributed by atoms with E-state index in [2.05, 4.69) is 11.6 Å². The van der Waals surface area contributed by atoms with E-state index >= 15 is 0 Å². The zero-order chi connectivity index (χ0) is 8.91. The van der Waals surface area contributed by atoms with Crippen molar-refractivity contribution in [3.05, 3.63) is 24.4 Å². The third-order valence-corrected chi connectivity index (χ3v) is 1.25. The number of rotatable bonds is 3. The third kappa shape index (κ3) is 3.73. The second-order valence-electron chi connectivity index (χ2n) is 2.91. The Morgan fingerprint density at radius 2 is 2.09 bits per heavy atom. The summed E-state index contributed by atoms with van der Waals surface area (Å²) in [6.45, 7) is 9.29. The predicted octanol–water partition coefficient (Wildman–Crippen LogP) is 1.88. The van der Waals surface area contributed by atoms with Crippen molar-refractivity contribution >= 4 is 6.21 Å². The van der Waals surface area contributed by atoms with Crippen LogP contribution >= 0.6 is 0 Å². The van der Waals surface area contributed by atoms with Crippen molar-refractivity contribution in [3.8, 4) is 0 Å². The van der Waals surface area contributed by atoms with E-state index in [0.29, 0.717) is 0 Å². The quantitative estimate of drug-likeness (QED) is 0.616. The molecule has 0 aliphatic heterocycles. The Kier molecular flexibility index (Phi) is 3.76. The van der Waals surface area contributed by atoms with Crippen LogP contribution in [-0.4, -0.2) is 11.8 Å². The largest absolute Gasteiger partial charge is 0.321 e. The lowest BCUT2D eigenvalue weighted by molar-refractivity contribution is 0.604. The highest BCUT2D eigenvalue weighted by Crippen LogP contribution is 2.12. The van der Waals surface area contributed by atoms with Gasteiger partial charge in [0, 0.05) is 6.21 Å². The normalized spacial score (nSPS) is 14.0. The zero-order valence-corrected chi connectivity index (χ0v) is 7.46. The van der Waals surface area contributed by atoms with E-state index in [4.69, 9.17) is 5.73 Å². The third-order valence-electron chi connectivity index (χ3n) is 1.25. The highest BCUT2D eigenvalue weighted by Gasteiger charge is 2.14. The SMILES string of the molecule is C=CC=N/C(=C\C)C(C)(C)N. The lowest BCUT2D eigenvalue weighted by atomic mass is 10.0. The first kappa shape index (κ1) is 10.1. The Bertz CT molecular complexity index is 182. The molecule has 0 saturated carbocycles. The first-order valence-corrected chi connectivity index (χ1v) is 3.63. The molecule has 0 aliphatic rings. The molecule has 0 rings (SSSR count). The number of nitrogens with two attached hydrogens (primary N) is 1. The zero-order valence-electron chi connectivity index (χ0n) is 7.46. The molecule has 0 aromatic rings. The molecule has 0 spiro atoms. The Morgan fingerprint density at radius 3 is 2.36 bits per heavy atom. The molecule has 0 amide bonds. The first-order chi connectivity index (χ1) is 5.02. The van der Waals surface area contributed by atoms with Crippen LogP contribution in [0.4, 0.5) is 0 Å². The molecule has 0 fully saturated rings. The molecule has 2 N–H and O–H groups in total. The van der Waals surface area contributed by atoms with Crippen LogP contribution in [0.1, 0.15) is 20.8 Å². The molecule has 0 saturated heterocycles. The van der Waals surface area contributed by atoms with Gasteiger partial charge in [0.1, 0.15) is 0 Å². The van der Waals surface area contributed by atoms with Crippen LogP contribution in [0.15, 0.2) is 29.4 Å². The minimum Gasteiger partial charge on any atom is -0.321 e. The molecule has 0 unspecified atom stereocenters. The van der Waals surface area contributed by atoms with Crippen molar-refractivity contribution in [1.29, 1.82) is 0 Å². The van der Waals surface area contributed by atoms with Crippen molar-refractivity contribution < 1.29 is 0 Å². The summed E-state index contributed by atoms with van der Waals surface area (Å²) < 4.78 is 0. The molecular weight excluding hydrogens is 136 g/mol. The standard InChI is InChI=1S/C9H16N2/c1-5-7-11-8(6-2)9(3,4)10/h5-7H,1,10H2,2-4H3/b8-6-,11-7?. The van der Waals surface area contributed by atoms with E-state index in [1.54, 1.807) is 12.3 Å². The maximum absolute atomic E-state index is 5.81. The fraction of sp³-hybridized carbons (Fsp3) is 0.444. The molecule has 0 aromatic carbocycles. The van der Waals surface area contributed by atoms with Gasteiger partial charge in [-0.2, -0.15) is 0 Å². The van der Waals surface area contributed by atoms with E-state index in [9.17, 15) is 0 Å². The van der Waals surface area contributed by atoms with Gasteiger partial charge in [-0.15, -0.1) is 0 Å². The van der Waals surface area contributed by atoms with Crippen LogP contribution in [0.5, 0.6) is 0 Å². The van der Waals surface area contributed by atoms with Gasteiger partial charge in [-0.3, -0.25) is 4.99 Å². The molecule has 0 heterocycles. The van der Waals surface area contributed by atoms with Gasteiger partial charge in [0.25, 0.3) is 0 Å².